The van der Waals surface area contributed by atoms with E-state index in [4.69, 9.17) is 15.2 Å². The molecule has 1 fully saturated rings. The molecule has 0 heterocycles. The van der Waals surface area contributed by atoms with Crippen molar-refractivity contribution in [2.45, 2.75) is 31.6 Å². The van der Waals surface area contributed by atoms with E-state index < -0.39 is 0 Å². The Bertz CT molecular complexity index is 411. The summed E-state index contributed by atoms with van der Waals surface area (Å²) >= 11 is 0. The molecule has 1 aromatic carbocycles. The first-order valence-corrected chi connectivity index (χ1v) is 6.61. The predicted molar refractivity (Wildman–Crippen MR) is 73.3 cm³/mol. The van der Waals surface area contributed by atoms with Gasteiger partial charge in [0.1, 0.15) is 0 Å². The second-order valence-electron chi connectivity index (χ2n) is 5.24. The van der Waals surface area contributed by atoms with Crippen LogP contribution in [0.2, 0.25) is 0 Å². The molecule has 3 heteroatoms. The zero-order valence-electron chi connectivity index (χ0n) is 11.5. The molecule has 0 atom stereocenters. The molecule has 0 amide bonds. The number of ether oxygens (including phenoxy) is 2. The van der Waals surface area contributed by atoms with Crippen molar-refractivity contribution in [2.75, 3.05) is 20.8 Å². The molecule has 0 spiro atoms. The minimum absolute atomic E-state index is 0.153. The molecule has 0 bridgehead atoms. The van der Waals surface area contributed by atoms with Crippen molar-refractivity contribution in [2.24, 2.45) is 11.7 Å². The van der Waals surface area contributed by atoms with Crippen molar-refractivity contribution >= 4 is 0 Å². The summed E-state index contributed by atoms with van der Waals surface area (Å²) in [6.45, 7) is 2.96. The summed E-state index contributed by atoms with van der Waals surface area (Å²) in [6.07, 6.45) is 3.63. The van der Waals surface area contributed by atoms with Gasteiger partial charge in [-0.3, -0.25) is 0 Å². The van der Waals surface area contributed by atoms with Crippen LogP contribution >= 0.6 is 0 Å². The Labute approximate surface area is 109 Å². The zero-order chi connectivity index (χ0) is 13.2. The van der Waals surface area contributed by atoms with Crippen molar-refractivity contribution in [3.05, 3.63) is 23.8 Å². The van der Waals surface area contributed by atoms with Crippen LogP contribution in [-0.2, 0) is 5.41 Å². The summed E-state index contributed by atoms with van der Waals surface area (Å²) in [5, 5.41) is 0. The molecule has 0 radical (unpaired) electrons. The second-order valence-corrected chi connectivity index (χ2v) is 5.24. The van der Waals surface area contributed by atoms with Crippen LogP contribution in [0.15, 0.2) is 18.2 Å². The standard InChI is InChI=1S/C15H23NO2/c1-4-11-8-15(9-11,10-16)12-5-6-13(17-2)14(7-12)18-3/h5-7,11H,4,8-10,16H2,1-3H3. The van der Waals surface area contributed by atoms with E-state index in [0.29, 0.717) is 6.54 Å². The summed E-state index contributed by atoms with van der Waals surface area (Å²) in [6, 6.07) is 6.18. The van der Waals surface area contributed by atoms with Crippen LogP contribution in [0, 0.1) is 5.92 Å². The molecule has 0 unspecified atom stereocenters. The molecule has 1 aromatic rings. The van der Waals surface area contributed by atoms with Crippen LogP contribution in [-0.4, -0.2) is 20.8 Å². The van der Waals surface area contributed by atoms with E-state index in [2.05, 4.69) is 19.1 Å². The van der Waals surface area contributed by atoms with Gasteiger partial charge in [0, 0.05) is 12.0 Å². The fraction of sp³-hybridized carbons (Fsp3) is 0.600. The molecule has 1 saturated carbocycles. The molecule has 2 rings (SSSR count). The fourth-order valence-electron chi connectivity index (χ4n) is 3.02. The quantitative estimate of drug-likeness (QED) is 0.872. The van der Waals surface area contributed by atoms with Crippen LogP contribution in [0.1, 0.15) is 31.7 Å². The Morgan fingerprint density at radius 1 is 1.22 bits per heavy atom. The number of nitrogens with two attached hydrogens (primary N) is 1. The Balaban J connectivity index is 2.27. The summed E-state index contributed by atoms with van der Waals surface area (Å²) < 4.78 is 10.6. The van der Waals surface area contributed by atoms with Gasteiger partial charge in [0.25, 0.3) is 0 Å². The van der Waals surface area contributed by atoms with Crippen LogP contribution in [0.4, 0.5) is 0 Å². The third-order valence-electron chi connectivity index (χ3n) is 4.32. The average Bonchev–Trinajstić information content (AvgIpc) is 2.38. The topological polar surface area (TPSA) is 44.5 Å². The SMILES string of the molecule is CCC1CC(CN)(c2ccc(OC)c(OC)c2)C1. The highest BCUT2D eigenvalue weighted by Gasteiger charge is 2.43. The highest BCUT2D eigenvalue weighted by molar-refractivity contribution is 5.46. The van der Waals surface area contributed by atoms with Crippen molar-refractivity contribution in [3.63, 3.8) is 0 Å². The highest BCUT2D eigenvalue weighted by Crippen LogP contribution is 2.49. The molecular formula is C15H23NO2. The summed E-state index contributed by atoms with van der Waals surface area (Å²) in [4.78, 5) is 0. The van der Waals surface area contributed by atoms with Gasteiger partial charge >= 0.3 is 0 Å². The lowest BCUT2D eigenvalue weighted by Crippen LogP contribution is -2.46. The fourth-order valence-corrected chi connectivity index (χ4v) is 3.02. The minimum Gasteiger partial charge on any atom is -0.493 e. The first-order chi connectivity index (χ1) is 8.69. The number of benzene rings is 1. The van der Waals surface area contributed by atoms with Crippen molar-refractivity contribution in [1.82, 2.24) is 0 Å². The van der Waals surface area contributed by atoms with Crippen LogP contribution in [0.25, 0.3) is 0 Å². The third-order valence-corrected chi connectivity index (χ3v) is 4.32. The van der Waals surface area contributed by atoms with E-state index in [1.165, 1.54) is 24.8 Å². The van der Waals surface area contributed by atoms with Crippen molar-refractivity contribution < 1.29 is 9.47 Å². The largest absolute Gasteiger partial charge is 0.493 e. The maximum atomic E-state index is 6.01. The zero-order valence-corrected chi connectivity index (χ0v) is 11.5. The molecular weight excluding hydrogens is 226 g/mol. The van der Waals surface area contributed by atoms with Gasteiger partial charge in [0.05, 0.1) is 14.2 Å². The Kier molecular flexibility index (Phi) is 3.81. The van der Waals surface area contributed by atoms with Crippen LogP contribution in [0.3, 0.4) is 0 Å². The van der Waals surface area contributed by atoms with E-state index in [1.54, 1.807) is 14.2 Å². The van der Waals surface area contributed by atoms with Crippen LogP contribution in [0.5, 0.6) is 11.5 Å². The van der Waals surface area contributed by atoms with Gasteiger partial charge in [-0.25, -0.2) is 0 Å². The van der Waals surface area contributed by atoms with E-state index in [-0.39, 0.29) is 5.41 Å². The molecule has 18 heavy (non-hydrogen) atoms. The molecule has 2 N–H and O–H groups in total. The Morgan fingerprint density at radius 3 is 2.39 bits per heavy atom. The molecule has 1 aliphatic rings. The van der Waals surface area contributed by atoms with Gasteiger partial charge in [-0.15, -0.1) is 0 Å². The van der Waals surface area contributed by atoms with E-state index >= 15 is 0 Å². The summed E-state index contributed by atoms with van der Waals surface area (Å²) in [5.74, 6) is 2.39. The second kappa shape index (κ2) is 5.19. The van der Waals surface area contributed by atoms with Crippen LogP contribution < -0.4 is 15.2 Å². The van der Waals surface area contributed by atoms with E-state index in [9.17, 15) is 0 Å². The lowest BCUT2D eigenvalue weighted by atomic mass is 9.58. The van der Waals surface area contributed by atoms with Gasteiger partial charge in [-0.1, -0.05) is 19.4 Å². The van der Waals surface area contributed by atoms with E-state index in [1.807, 2.05) is 6.07 Å². The molecule has 0 aliphatic heterocycles. The van der Waals surface area contributed by atoms with E-state index in [0.717, 1.165) is 17.4 Å². The molecule has 100 valence electrons. The first-order valence-electron chi connectivity index (χ1n) is 6.61. The molecule has 1 aliphatic carbocycles. The van der Waals surface area contributed by atoms with Gasteiger partial charge in [-0.05, 0) is 36.5 Å². The maximum Gasteiger partial charge on any atom is 0.161 e. The number of hydrogen-bond donors (Lipinski definition) is 1. The maximum absolute atomic E-state index is 6.01. The first kappa shape index (κ1) is 13.2. The predicted octanol–water partition coefficient (Wildman–Crippen LogP) is 2.72. The average molecular weight is 249 g/mol. The normalized spacial score (nSPS) is 26.6. The smallest absolute Gasteiger partial charge is 0.161 e. The lowest BCUT2D eigenvalue weighted by molar-refractivity contribution is 0.144. The molecule has 3 nitrogen and oxygen atoms in total. The molecule has 0 saturated heterocycles. The lowest BCUT2D eigenvalue weighted by Gasteiger charge is -2.47. The Morgan fingerprint density at radius 2 is 1.89 bits per heavy atom. The van der Waals surface area contributed by atoms with Gasteiger partial charge in [0.15, 0.2) is 11.5 Å². The molecule has 0 aromatic heterocycles. The number of methoxy groups -OCH3 is 2. The third kappa shape index (κ3) is 2.07. The van der Waals surface area contributed by atoms with Gasteiger partial charge in [0.2, 0.25) is 0 Å². The van der Waals surface area contributed by atoms with Gasteiger partial charge in [-0.2, -0.15) is 0 Å². The monoisotopic (exact) mass is 249 g/mol. The summed E-state index contributed by atoms with van der Waals surface area (Å²) in [5.41, 5.74) is 7.45. The minimum atomic E-state index is 0.153. The summed E-state index contributed by atoms with van der Waals surface area (Å²) in [7, 11) is 3.33. The van der Waals surface area contributed by atoms with Crippen molar-refractivity contribution in [1.29, 1.82) is 0 Å². The number of hydrogen-bond acceptors (Lipinski definition) is 3. The van der Waals surface area contributed by atoms with Crippen molar-refractivity contribution in [3.8, 4) is 11.5 Å². The highest BCUT2D eigenvalue weighted by atomic mass is 16.5. The Hall–Kier alpha value is -1.22. The van der Waals surface area contributed by atoms with Gasteiger partial charge < -0.3 is 15.2 Å². The number of rotatable bonds is 5.